The Morgan fingerprint density at radius 1 is 0.958 bits per heavy atom. The lowest BCUT2D eigenvalue weighted by molar-refractivity contribution is 0.657. The summed E-state index contributed by atoms with van der Waals surface area (Å²) in [6, 6.07) is 17.8. The van der Waals surface area contributed by atoms with Crippen LogP contribution in [0.15, 0.2) is 48.5 Å². The van der Waals surface area contributed by atoms with Gasteiger partial charge < -0.3 is 0 Å². The van der Waals surface area contributed by atoms with Crippen molar-refractivity contribution in [1.29, 1.82) is 5.26 Å². The number of fused-ring (bicyclic) bond motifs is 3. The standard InChI is InChI=1S/C20H14ClN3/c1-20(2)15-6-4-3-5-14(15)18-16(20)17(23-19(21)24-18)13-9-7-12(11-22)8-10-13/h3-10H,1-2H3. The molecule has 0 amide bonds. The van der Waals surface area contributed by atoms with Gasteiger partial charge in [-0.25, -0.2) is 9.97 Å². The van der Waals surface area contributed by atoms with Gasteiger partial charge in [-0.3, -0.25) is 0 Å². The van der Waals surface area contributed by atoms with Crippen LogP contribution in [-0.4, -0.2) is 9.97 Å². The topological polar surface area (TPSA) is 49.6 Å². The van der Waals surface area contributed by atoms with E-state index in [1.807, 2.05) is 24.3 Å². The van der Waals surface area contributed by atoms with Crippen LogP contribution in [0.5, 0.6) is 0 Å². The van der Waals surface area contributed by atoms with Crippen LogP contribution in [0.1, 0.15) is 30.5 Å². The minimum absolute atomic E-state index is 0.209. The Balaban J connectivity index is 2.02. The second-order valence-corrected chi connectivity index (χ2v) is 6.76. The van der Waals surface area contributed by atoms with Crippen LogP contribution in [-0.2, 0) is 5.41 Å². The molecule has 1 heterocycles. The molecule has 0 saturated heterocycles. The number of hydrogen-bond donors (Lipinski definition) is 0. The van der Waals surface area contributed by atoms with Crippen LogP contribution in [0.4, 0.5) is 0 Å². The summed E-state index contributed by atoms with van der Waals surface area (Å²) in [5.41, 5.74) is 6.50. The first-order chi connectivity index (χ1) is 11.5. The molecule has 0 atom stereocenters. The first-order valence-electron chi connectivity index (χ1n) is 7.71. The summed E-state index contributed by atoms with van der Waals surface area (Å²) in [4.78, 5) is 9.03. The molecule has 2 aromatic carbocycles. The molecule has 3 nitrogen and oxygen atoms in total. The van der Waals surface area contributed by atoms with Crippen molar-refractivity contribution in [2.24, 2.45) is 0 Å². The molecule has 1 aliphatic carbocycles. The molecule has 0 N–H and O–H groups in total. The maximum Gasteiger partial charge on any atom is 0.223 e. The second-order valence-electron chi connectivity index (χ2n) is 6.42. The predicted octanol–water partition coefficient (Wildman–Crippen LogP) is 4.97. The van der Waals surface area contributed by atoms with E-state index < -0.39 is 0 Å². The highest BCUT2D eigenvalue weighted by atomic mass is 35.5. The van der Waals surface area contributed by atoms with Gasteiger partial charge in [0.1, 0.15) is 0 Å². The van der Waals surface area contributed by atoms with Crippen molar-refractivity contribution >= 4 is 11.6 Å². The van der Waals surface area contributed by atoms with Gasteiger partial charge in [0, 0.05) is 22.1 Å². The normalized spacial score (nSPS) is 13.9. The number of nitriles is 1. The van der Waals surface area contributed by atoms with Crippen molar-refractivity contribution in [2.45, 2.75) is 19.3 Å². The highest BCUT2D eigenvalue weighted by molar-refractivity contribution is 6.28. The lowest BCUT2D eigenvalue weighted by Crippen LogP contribution is -2.17. The molecule has 0 fully saturated rings. The highest BCUT2D eigenvalue weighted by Gasteiger charge is 2.39. The Bertz CT molecular complexity index is 998. The predicted molar refractivity (Wildman–Crippen MR) is 94.8 cm³/mol. The highest BCUT2D eigenvalue weighted by Crippen LogP contribution is 2.50. The molecular formula is C20H14ClN3. The van der Waals surface area contributed by atoms with Crippen LogP contribution in [0.3, 0.4) is 0 Å². The first kappa shape index (κ1) is 14.9. The van der Waals surface area contributed by atoms with E-state index in [-0.39, 0.29) is 10.7 Å². The largest absolute Gasteiger partial charge is 0.223 e. The van der Waals surface area contributed by atoms with E-state index in [2.05, 4.69) is 42.0 Å². The number of rotatable bonds is 1. The van der Waals surface area contributed by atoms with Crippen LogP contribution in [0.25, 0.3) is 22.5 Å². The Hall–Kier alpha value is -2.70. The smallest absolute Gasteiger partial charge is 0.218 e. The molecule has 0 aliphatic heterocycles. The summed E-state index contributed by atoms with van der Waals surface area (Å²) in [5, 5.41) is 9.24. The maximum atomic E-state index is 9.00. The molecule has 0 bridgehead atoms. The van der Waals surface area contributed by atoms with Crippen molar-refractivity contribution in [3.05, 3.63) is 70.5 Å². The van der Waals surface area contributed by atoms with Crippen molar-refractivity contribution in [3.63, 3.8) is 0 Å². The molecule has 0 spiro atoms. The zero-order chi connectivity index (χ0) is 16.9. The Labute approximate surface area is 145 Å². The Morgan fingerprint density at radius 2 is 1.62 bits per heavy atom. The minimum atomic E-state index is -0.209. The number of aromatic nitrogens is 2. The van der Waals surface area contributed by atoms with Gasteiger partial charge in [-0.2, -0.15) is 5.26 Å². The Kier molecular flexibility index (Phi) is 3.19. The fourth-order valence-corrected chi connectivity index (χ4v) is 3.67. The van der Waals surface area contributed by atoms with Gasteiger partial charge in [-0.15, -0.1) is 0 Å². The summed E-state index contributed by atoms with van der Waals surface area (Å²) in [5.74, 6) is 0. The fourth-order valence-electron chi connectivity index (χ4n) is 3.50. The summed E-state index contributed by atoms with van der Waals surface area (Å²) in [6.07, 6.45) is 0. The molecule has 3 aromatic rings. The van der Waals surface area contributed by atoms with Crippen LogP contribution < -0.4 is 0 Å². The van der Waals surface area contributed by atoms with Crippen molar-refractivity contribution in [2.75, 3.05) is 0 Å². The average Bonchev–Trinajstić information content (AvgIpc) is 2.82. The third-order valence-corrected chi connectivity index (χ3v) is 4.82. The number of hydrogen-bond acceptors (Lipinski definition) is 3. The van der Waals surface area contributed by atoms with E-state index in [1.165, 1.54) is 5.56 Å². The van der Waals surface area contributed by atoms with Gasteiger partial charge >= 0.3 is 0 Å². The molecule has 4 rings (SSSR count). The van der Waals surface area contributed by atoms with E-state index in [9.17, 15) is 0 Å². The molecule has 0 saturated carbocycles. The number of benzene rings is 2. The van der Waals surface area contributed by atoms with E-state index in [1.54, 1.807) is 12.1 Å². The molecule has 0 radical (unpaired) electrons. The van der Waals surface area contributed by atoms with Crippen LogP contribution in [0.2, 0.25) is 5.28 Å². The minimum Gasteiger partial charge on any atom is -0.218 e. The first-order valence-corrected chi connectivity index (χ1v) is 8.08. The molecule has 0 unspecified atom stereocenters. The molecular weight excluding hydrogens is 318 g/mol. The molecule has 4 heteroatoms. The maximum absolute atomic E-state index is 9.00. The molecule has 1 aliphatic rings. The zero-order valence-corrected chi connectivity index (χ0v) is 14.1. The lowest BCUT2D eigenvalue weighted by atomic mass is 9.81. The van der Waals surface area contributed by atoms with E-state index in [0.717, 1.165) is 28.1 Å². The van der Waals surface area contributed by atoms with Crippen molar-refractivity contribution < 1.29 is 0 Å². The monoisotopic (exact) mass is 331 g/mol. The van der Waals surface area contributed by atoms with Crippen LogP contribution >= 0.6 is 11.6 Å². The number of halogens is 1. The van der Waals surface area contributed by atoms with E-state index in [4.69, 9.17) is 16.9 Å². The van der Waals surface area contributed by atoms with Gasteiger partial charge in [0.25, 0.3) is 0 Å². The van der Waals surface area contributed by atoms with Gasteiger partial charge in [-0.05, 0) is 29.3 Å². The number of nitrogens with zero attached hydrogens (tertiary/aromatic N) is 3. The van der Waals surface area contributed by atoms with Gasteiger partial charge in [0.05, 0.1) is 23.0 Å². The lowest BCUT2D eigenvalue weighted by Gasteiger charge is -2.23. The molecule has 1 aromatic heterocycles. The quantitative estimate of drug-likeness (QED) is 0.591. The molecule has 116 valence electrons. The average molecular weight is 332 g/mol. The summed E-state index contributed by atoms with van der Waals surface area (Å²) < 4.78 is 0. The summed E-state index contributed by atoms with van der Waals surface area (Å²) in [6.45, 7) is 4.37. The van der Waals surface area contributed by atoms with Crippen molar-refractivity contribution in [3.8, 4) is 28.6 Å². The second kappa shape index (κ2) is 5.15. The molecule has 24 heavy (non-hydrogen) atoms. The summed E-state index contributed by atoms with van der Waals surface area (Å²) in [7, 11) is 0. The fraction of sp³-hybridized carbons (Fsp3) is 0.150. The van der Waals surface area contributed by atoms with Gasteiger partial charge in [-0.1, -0.05) is 50.2 Å². The van der Waals surface area contributed by atoms with Gasteiger partial charge in [0.15, 0.2) is 0 Å². The van der Waals surface area contributed by atoms with E-state index >= 15 is 0 Å². The van der Waals surface area contributed by atoms with Crippen molar-refractivity contribution in [1.82, 2.24) is 9.97 Å². The third-order valence-electron chi connectivity index (χ3n) is 4.65. The zero-order valence-electron chi connectivity index (χ0n) is 13.3. The Morgan fingerprint density at radius 3 is 2.33 bits per heavy atom. The summed E-state index contributed by atoms with van der Waals surface area (Å²) >= 11 is 6.22. The third kappa shape index (κ3) is 2.04. The van der Waals surface area contributed by atoms with Gasteiger partial charge in [0.2, 0.25) is 5.28 Å². The van der Waals surface area contributed by atoms with Crippen LogP contribution in [0, 0.1) is 11.3 Å². The SMILES string of the molecule is CC1(C)c2ccccc2-c2nc(Cl)nc(-c3ccc(C#N)cc3)c21. The van der Waals surface area contributed by atoms with E-state index in [0.29, 0.717) is 5.56 Å².